The van der Waals surface area contributed by atoms with E-state index in [1.54, 1.807) is 6.20 Å². The number of nitrogens with zero attached hydrogens (tertiary/aromatic N) is 5. The van der Waals surface area contributed by atoms with Gasteiger partial charge in [-0.3, -0.25) is 9.51 Å². The first kappa shape index (κ1) is 14.1. The Balaban J connectivity index is 1.67. The molecule has 3 aromatic heterocycles. The molecular weight excluding hydrogens is 310 g/mol. The topological polar surface area (TPSA) is 99.8 Å². The third-order valence-corrected chi connectivity index (χ3v) is 3.38. The number of oxazole rings is 1. The number of rotatable bonds is 4. The van der Waals surface area contributed by atoms with Crippen molar-refractivity contribution >= 4 is 0 Å². The predicted octanol–water partition coefficient (Wildman–Crippen LogP) is 2.00. The van der Waals surface area contributed by atoms with Crippen molar-refractivity contribution < 1.29 is 8.94 Å². The molecule has 4 rings (SSSR count). The van der Waals surface area contributed by atoms with Crippen molar-refractivity contribution in [3.63, 3.8) is 0 Å². The van der Waals surface area contributed by atoms with Crippen molar-refractivity contribution in [1.29, 1.82) is 0 Å². The van der Waals surface area contributed by atoms with Crippen LogP contribution in [0, 0.1) is 0 Å². The van der Waals surface area contributed by atoms with Crippen molar-refractivity contribution in [3.8, 4) is 22.8 Å². The van der Waals surface area contributed by atoms with Gasteiger partial charge in [0.15, 0.2) is 5.76 Å². The first-order chi connectivity index (χ1) is 11.8. The Kier molecular flexibility index (Phi) is 3.47. The molecule has 0 bridgehead atoms. The quantitative estimate of drug-likeness (QED) is 0.566. The molecule has 0 fully saturated rings. The first-order valence-corrected chi connectivity index (χ1v) is 7.14. The molecule has 3 heterocycles. The third-order valence-electron chi connectivity index (χ3n) is 3.38. The maximum atomic E-state index is 11.9. The Morgan fingerprint density at radius 2 is 1.92 bits per heavy atom. The molecule has 118 valence electrons. The molecule has 0 radical (unpaired) electrons. The summed E-state index contributed by atoms with van der Waals surface area (Å²) < 4.78 is 11.7. The zero-order valence-corrected chi connectivity index (χ0v) is 12.4. The summed E-state index contributed by atoms with van der Waals surface area (Å²) in [4.78, 5) is 24.2. The zero-order valence-electron chi connectivity index (χ0n) is 12.4. The van der Waals surface area contributed by atoms with Gasteiger partial charge < -0.3 is 4.42 Å². The molecule has 0 amide bonds. The van der Waals surface area contributed by atoms with Gasteiger partial charge in [-0.15, -0.1) is 0 Å². The van der Waals surface area contributed by atoms with Crippen molar-refractivity contribution in [2.24, 2.45) is 0 Å². The number of aromatic nitrogens is 5. The standard InChI is InChI=1S/C16H11N5O3/c22-16-21(15(20-24-16)12-8-17-6-7-18-12)10-14-19-9-13(23-14)11-4-2-1-3-5-11/h1-9H,10H2. The number of hydrogen-bond donors (Lipinski definition) is 0. The average molecular weight is 321 g/mol. The van der Waals surface area contributed by atoms with Crippen molar-refractivity contribution in [2.75, 3.05) is 0 Å². The normalized spacial score (nSPS) is 10.8. The smallest absolute Gasteiger partial charge is 0.439 e. The highest BCUT2D eigenvalue weighted by Gasteiger charge is 2.17. The van der Waals surface area contributed by atoms with E-state index >= 15 is 0 Å². The van der Waals surface area contributed by atoms with Crippen LogP contribution in [0.25, 0.3) is 22.8 Å². The molecule has 8 heteroatoms. The molecular formula is C16H11N5O3. The summed E-state index contributed by atoms with van der Waals surface area (Å²) >= 11 is 0. The Hall–Kier alpha value is -3.55. The van der Waals surface area contributed by atoms with Crippen LogP contribution in [0.15, 0.2) is 68.9 Å². The lowest BCUT2D eigenvalue weighted by Crippen LogP contribution is -2.16. The molecule has 0 spiro atoms. The second-order valence-corrected chi connectivity index (χ2v) is 4.93. The molecule has 0 saturated carbocycles. The summed E-state index contributed by atoms with van der Waals surface area (Å²) in [5.74, 6) is 0.642. The van der Waals surface area contributed by atoms with E-state index in [0.717, 1.165) is 5.56 Å². The summed E-state index contributed by atoms with van der Waals surface area (Å²) in [5.41, 5.74) is 1.33. The van der Waals surface area contributed by atoms with Gasteiger partial charge in [0.25, 0.3) is 0 Å². The molecule has 0 N–H and O–H groups in total. The average Bonchev–Trinajstić information content (AvgIpc) is 3.25. The molecule has 1 aromatic carbocycles. The van der Waals surface area contributed by atoms with Crippen LogP contribution in [0.4, 0.5) is 0 Å². The number of hydrogen-bond acceptors (Lipinski definition) is 7. The largest absolute Gasteiger partial charge is 0.442 e. The second kappa shape index (κ2) is 5.92. The van der Waals surface area contributed by atoms with Gasteiger partial charge in [-0.2, -0.15) is 0 Å². The van der Waals surface area contributed by atoms with E-state index in [4.69, 9.17) is 8.94 Å². The number of benzene rings is 1. The van der Waals surface area contributed by atoms with Crippen LogP contribution < -0.4 is 5.76 Å². The minimum atomic E-state index is -0.616. The zero-order chi connectivity index (χ0) is 16.4. The van der Waals surface area contributed by atoms with Crippen molar-refractivity contribution in [1.82, 2.24) is 24.7 Å². The highest BCUT2D eigenvalue weighted by atomic mass is 16.5. The fraction of sp³-hybridized carbons (Fsp3) is 0.0625. The highest BCUT2D eigenvalue weighted by Crippen LogP contribution is 2.20. The Bertz CT molecular complexity index is 1000. The molecule has 0 saturated heterocycles. The van der Waals surface area contributed by atoms with Crippen LogP contribution >= 0.6 is 0 Å². The minimum absolute atomic E-state index is 0.0844. The maximum absolute atomic E-state index is 11.9. The van der Waals surface area contributed by atoms with Gasteiger partial charge in [-0.25, -0.2) is 19.3 Å². The molecule has 0 aliphatic rings. The molecule has 0 aliphatic carbocycles. The molecule has 4 aromatic rings. The third kappa shape index (κ3) is 2.60. The van der Waals surface area contributed by atoms with Crippen LogP contribution in [0.5, 0.6) is 0 Å². The van der Waals surface area contributed by atoms with Gasteiger partial charge in [0.05, 0.1) is 12.4 Å². The Morgan fingerprint density at radius 1 is 1.04 bits per heavy atom. The van der Waals surface area contributed by atoms with Gasteiger partial charge in [-0.05, 0) is 0 Å². The van der Waals surface area contributed by atoms with E-state index < -0.39 is 5.76 Å². The summed E-state index contributed by atoms with van der Waals surface area (Å²) in [7, 11) is 0. The lowest BCUT2D eigenvalue weighted by atomic mass is 10.2. The Labute approximate surface area is 135 Å². The fourth-order valence-electron chi connectivity index (χ4n) is 2.26. The van der Waals surface area contributed by atoms with E-state index in [-0.39, 0.29) is 12.4 Å². The summed E-state index contributed by atoms with van der Waals surface area (Å²) in [6, 6.07) is 9.58. The maximum Gasteiger partial charge on any atom is 0.442 e. The highest BCUT2D eigenvalue weighted by molar-refractivity contribution is 5.55. The predicted molar refractivity (Wildman–Crippen MR) is 82.8 cm³/mol. The molecule has 0 aliphatic heterocycles. The second-order valence-electron chi connectivity index (χ2n) is 4.93. The summed E-state index contributed by atoms with van der Waals surface area (Å²) in [6.07, 6.45) is 6.16. The minimum Gasteiger partial charge on any atom is -0.439 e. The van der Waals surface area contributed by atoms with E-state index in [9.17, 15) is 4.79 Å². The van der Waals surface area contributed by atoms with Crippen LogP contribution in [0.2, 0.25) is 0 Å². The van der Waals surface area contributed by atoms with Crippen molar-refractivity contribution in [2.45, 2.75) is 6.54 Å². The summed E-state index contributed by atoms with van der Waals surface area (Å²) in [5, 5.41) is 3.75. The Morgan fingerprint density at radius 3 is 2.71 bits per heavy atom. The molecule has 24 heavy (non-hydrogen) atoms. The van der Waals surface area contributed by atoms with Crippen molar-refractivity contribution in [3.05, 3.63) is 71.6 Å². The molecule has 0 unspecified atom stereocenters. The van der Waals surface area contributed by atoms with Gasteiger partial charge in [0.2, 0.25) is 11.7 Å². The monoisotopic (exact) mass is 321 g/mol. The van der Waals surface area contributed by atoms with Crippen LogP contribution in [-0.2, 0) is 6.54 Å². The lowest BCUT2D eigenvalue weighted by Gasteiger charge is -2.00. The van der Waals surface area contributed by atoms with E-state index in [1.807, 2.05) is 30.3 Å². The van der Waals surface area contributed by atoms with E-state index in [0.29, 0.717) is 17.3 Å². The van der Waals surface area contributed by atoms with E-state index in [2.05, 4.69) is 20.1 Å². The van der Waals surface area contributed by atoms with Crippen LogP contribution in [-0.4, -0.2) is 24.7 Å². The molecule has 0 atom stereocenters. The van der Waals surface area contributed by atoms with E-state index in [1.165, 1.54) is 23.2 Å². The van der Waals surface area contributed by atoms with Gasteiger partial charge in [-0.1, -0.05) is 35.5 Å². The fourth-order valence-corrected chi connectivity index (χ4v) is 2.26. The van der Waals surface area contributed by atoms with Crippen LogP contribution in [0.3, 0.4) is 0 Å². The summed E-state index contributed by atoms with van der Waals surface area (Å²) in [6.45, 7) is 0.0844. The van der Waals surface area contributed by atoms with Gasteiger partial charge >= 0.3 is 5.76 Å². The molecule has 8 nitrogen and oxygen atoms in total. The SMILES string of the molecule is O=c1onc(-c2cnccn2)n1Cc1ncc(-c2ccccc2)o1. The van der Waals surface area contributed by atoms with Crippen LogP contribution in [0.1, 0.15) is 5.89 Å². The van der Waals surface area contributed by atoms with Gasteiger partial charge in [0.1, 0.15) is 12.2 Å². The van der Waals surface area contributed by atoms with Gasteiger partial charge in [0, 0.05) is 18.0 Å². The lowest BCUT2D eigenvalue weighted by molar-refractivity contribution is 0.373. The first-order valence-electron chi connectivity index (χ1n) is 7.14.